The molecule has 26 heavy (non-hydrogen) atoms. The Labute approximate surface area is 152 Å². The summed E-state index contributed by atoms with van der Waals surface area (Å²) < 4.78 is 6.14. The van der Waals surface area contributed by atoms with Crippen molar-refractivity contribution in [3.63, 3.8) is 0 Å². The molecule has 1 amide bonds. The van der Waals surface area contributed by atoms with E-state index in [9.17, 15) is 20.6 Å². The van der Waals surface area contributed by atoms with Gasteiger partial charge in [0.2, 0.25) is 11.3 Å². The number of allylic oxidation sites excluding steroid dienone is 1. The Bertz CT molecular complexity index is 871. The van der Waals surface area contributed by atoms with Gasteiger partial charge in [-0.15, -0.1) is 0 Å². The van der Waals surface area contributed by atoms with Crippen LogP contribution in [-0.4, -0.2) is 5.91 Å². The van der Waals surface area contributed by atoms with Crippen molar-refractivity contribution >= 4 is 5.91 Å². The van der Waals surface area contributed by atoms with E-state index >= 15 is 0 Å². The molecule has 1 aliphatic carbocycles. The monoisotopic (exact) mass is 346 g/mol. The Kier molecular flexibility index (Phi) is 4.41. The second-order valence-electron chi connectivity index (χ2n) is 6.63. The minimum absolute atomic E-state index is 0.403. The van der Waals surface area contributed by atoms with E-state index in [4.69, 9.17) is 10.5 Å². The molecular weight excluding hydrogens is 328 g/mol. The van der Waals surface area contributed by atoms with Crippen LogP contribution in [-0.2, 0) is 9.53 Å². The summed E-state index contributed by atoms with van der Waals surface area (Å²) in [6.07, 6.45) is 2.43. The summed E-state index contributed by atoms with van der Waals surface area (Å²) >= 11 is 0. The molecule has 0 fully saturated rings. The highest BCUT2D eigenvalue weighted by Gasteiger charge is 2.68. The van der Waals surface area contributed by atoms with Crippen molar-refractivity contribution in [3.8, 4) is 18.2 Å². The summed E-state index contributed by atoms with van der Waals surface area (Å²) in [6.45, 7) is 0. The summed E-state index contributed by atoms with van der Waals surface area (Å²) in [7, 11) is 0. The van der Waals surface area contributed by atoms with Crippen LogP contribution in [0.15, 0.2) is 41.7 Å². The number of rotatable bonds is 2. The average molecular weight is 346 g/mol. The second kappa shape index (κ2) is 6.54. The van der Waals surface area contributed by atoms with Gasteiger partial charge < -0.3 is 10.5 Å². The van der Waals surface area contributed by atoms with E-state index in [0.29, 0.717) is 29.7 Å². The van der Waals surface area contributed by atoms with E-state index < -0.39 is 22.8 Å². The molecule has 0 spiro atoms. The number of nitriles is 3. The van der Waals surface area contributed by atoms with E-state index in [2.05, 4.69) is 0 Å². The Balaban J connectivity index is 2.36. The number of amides is 1. The Hall–Kier alpha value is -3.30. The molecule has 0 saturated carbocycles. The first-order valence-electron chi connectivity index (χ1n) is 8.55. The Morgan fingerprint density at radius 1 is 1.04 bits per heavy atom. The van der Waals surface area contributed by atoms with Crippen LogP contribution < -0.4 is 5.73 Å². The van der Waals surface area contributed by atoms with Gasteiger partial charge >= 0.3 is 0 Å². The topological polar surface area (TPSA) is 124 Å². The number of ether oxygens (including phenoxy) is 1. The zero-order chi connectivity index (χ0) is 18.8. The normalized spacial score (nSPS) is 26.9. The van der Waals surface area contributed by atoms with E-state index in [1.165, 1.54) is 0 Å². The largest absolute Gasteiger partial charge is 0.487 e. The van der Waals surface area contributed by atoms with Crippen molar-refractivity contribution in [2.75, 3.05) is 0 Å². The lowest BCUT2D eigenvalue weighted by molar-refractivity contribution is -0.132. The van der Waals surface area contributed by atoms with Crippen LogP contribution in [0, 0.1) is 44.8 Å². The lowest BCUT2D eigenvalue weighted by Crippen LogP contribution is -2.56. The Morgan fingerprint density at radius 2 is 1.69 bits per heavy atom. The standard InChI is InChI=1S/C20H18N4O2/c21-11-19(12-22)17(14-7-3-1-4-8-14)26-16-10-6-2-5-9-15(16)20(19,13-23)18(24)25/h1,3-4,7-8,17H,2,5-6,9-10H2,(H2,24,25)/t17-,20-/m0/s1. The van der Waals surface area contributed by atoms with Gasteiger partial charge in [-0.2, -0.15) is 15.8 Å². The maximum atomic E-state index is 12.6. The van der Waals surface area contributed by atoms with Crippen molar-refractivity contribution < 1.29 is 9.53 Å². The van der Waals surface area contributed by atoms with Crippen molar-refractivity contribution in [2.45, 2.75) is 38.2 Å². The fourth-order valence-corrected chi connectivity index (χ4v) is 4.06. The number of carbonyl (C=O) groups is 1. The van der Waals surface area contributed by atoms with Crippen LogP contribution in [0.2, 0.25) is 0 Å². The van der Waals surface area contributed by atoms with Crippen LogP contribution >= 0.6 is 0 Å². The van der Waals surface area contributed by atoms with Crippen molar-refractivity contribution in [3.05, 3.63) is 47.2 Å². The molecule has 0 bridgehead atoms. The molecule has 2 N–H and O–H groups in total. The third kappa shape index (κ3) is 2.18. The molecule has 0 aromatic heterocycles. The molecule has 0 radical (unpaired) electrons. The van der Waals surface area contributed by atoms with Crippen molar-refractivity contribution in [2.24, 2.45) is 16.6 Å². The van der Waals surface area contributed by atoms with Gasteiger partial charge in [-0.3, -0.25) is 4.79 Å². The van der Waals surface area contributed by atoms with Gasteiger partial charge in [-0.1, -0.05) is 36.8 Å². The van der Waals surface area contributed by atoms with Gasteiger partial charge in [0.15, 0.2) is 11.5 Å². The maximum absolute atomic E-state index is 12.6. The summed E-state index contributed by atoms with van der Waals surface area (Å²) in [4.78, 5) is 12.6. The number of benzene rings is 1. The molecule has 1 aliphatic heterocycles. The van der Waals surface area contributed by atoms with Crippen LogP contribution in [0.5, 0.6) is 0 Å². The molecule has 0 saturated heterocycles. The number of nitrogens with two attached hydrogens (primary N) is 1. The van der Waals surface area contributed by atoms with Crippen molar-refractivity contribution in [1.29, 1.82) is 15.8 Å². The zero-order valence-electron chi connectivity index (χ0n) is 14.2. The third-order valence-corrected chi connectivity index (χ3v) is 5.36. The summed E-state index contributed by atoms with van der Waals surface area (Å²) in [6, 6.07) is 14.6. The molecule has 2 aliphatic rings. The number of nitrogens with zero attached hydrogens (tertiary/aromatic N) is 3. The van der Waals surface area contributed by atoms with Crippen molar-refractivity contribution in [1.82, 2.24) is 0 Å². The van der Waals surface area contributed by atoms with Crippen LogP contribution in [0.1, 0.15) is 43.8 Å². The van der Waals surface area contributed by atoms with Gasteiger partial charge in [0, 0.05) is 6.42 Å². The van der Waals surface area contributed by atoms with E-state index in [1.807, 2.05) is 18.2 Å². The lowest BCUT2D eigenvalue weighted by atomic mass is 9.55. The second-order valence-corrected chi connectivity index (χ2v) is 6.63. The maximum Gasteiger partial charge on any atom is 0.245 e. The number of hydrogen-bond donors (Lipinski definition) is 1. The fourth-order valence-electron chi connectivity index (χ4n) is 4.06. The highest BCUT2D eigenvalue weighted by Crippen LogP contribution is 2.60. The predicted octanol–water partition coefficient (Wildman–Crippen LogP) is 3.00. The van der Waals surface area contributed by atoms with E-state index in [0.717, 1.165) is 19.3 Å². The molecule has 2 atom stereocenters. The van der Waals surface area contributed by atoms with Gasteiger partial charge in [-0.25, -0.2) is 0 Å². The van der Waals surface area contributed by atoms with Gasteiger partial charge in [0.05, 0.1) is 24.0 Å². The molecule has 6 nitrogen and oxygen atoms in total. The van der Waals surface area contributed by atoms with Crippen LogP contribution in [0.4, 0.5) is 0 Å². The first kappa shape index (κ1) is 17.5. The minimum atomic E-state index is -2.06. The molecule has 6 heteroatoms. The zero-order valence-corrected chi connectivity index (χ0v) is 14.2. The quantitative estimate of drug-likeness (QED) is 0.881. The Morgan fingerprint density at radius 3 is 2.27 bits per heavy atom. The smallest absolute Gasteiger partial charge is 0.245 e. The first-order valence-corrected chi connectivity index (χ1v) is 8.55. The molecule has 1 aromatic rings. The number of carbonyl (C=O) groups excluding carboxylic acids is 1. The minimum Gasteiger partial charge on any atom is -0.487 e. The number of primary amides is 1. The van der Waals surface area contributed by atoms with E-state index in [1.54, 1.807) is 30.3 Å². The van der Waals surface area contributed by atoms with E-state index in [-0.39, 0.29) is 0 Å². The molecule has 130 valence electrons. The molecular formula is C20H18N4O2. The van der Waals surface area contributed by atoms with Gasteiger partial charge in [0.25, 0.3) is 0 Å². The summed E-state index contributed by atoms with van der Waals surface area (Å²) in [5.74, 6) is -0.445. The van der Waals surface area contributed by atoms with Crippen LogP contribution in [0.25, 0.3) is 0 Å². The highest BCUT2D eigenvalue weighted by atomic mass is 16.5. The highest BCUT2D eigenvalue weighted by molar-refractivity contribution is 5.90. The summed E-state index contributed by atoms with van der Waals surface area (Å²) in [5.41, 5.74) is 2.56. The third-order valence-electron chi connectivity index (χ3n) is 5.36. The SMILES string of the molecule is N#CC1(C#N)[C@H](c2ccccc2)OC2=C(CCCCC2)[C@@]1(C#N)C(N)=O. The average Bonchev–Trinajstić information content (AvgIpc) is 2.92. The lowest BCUT2D eigenvalue weighted by Gasteiger charge is -2.46. The molecule has 3 rings (SSSR count). The van der Waals surface area contributed by atoms with Gasteiger partial charge in [0.1, 0.15) is 0 Å². The fraction of sp³-hybridized carbons (Fsp3) is 0.400. The predicted molar refractivity (Wildman–Crippen MR) is 91.3 cm³/mol. The summed E-state index contributed by atoms with van der Waals surface area (Å²) in [5, 5.41) is 30.1. The van der Waals surface area contributed by atoms with Crippen LogP contribution in [0.3, 0.4) is 0 Å². The molecule has 1 aromatic carbocycles. The first-order chi connectivity index (χ1) is 12.6. The van der Waals surface area contributed by atoms with Gasteiger partial charge in [-0.05, 0) is 30.4 Å². The molecule has 0 unspecified atom stereocenters. The molecule has 1 heterocycles. The number of hydrogen-bond acceptors (Lipinski definition) is 5.